The number of nitrogens with one attached hydrogen (secondary N) is 1. The van der Waals surface area contributed by atoms with E-state index in [1.165, 1.54) is 32.1 Å². The van der Waals surface area contributed by atoms with E-state index >= 15 is 0 Å². The van der Waals surface area contributed by atoms with Crippen LogP contribution in [-0.4, -0.2) is 50.2 Å². The molecule has 0 aromatic rings. The number of rotatable bonds is 11. The van der Waals surface area contributed by atoms with Crippen molar-refractivity contribution < 1.29 is 14.6 Å². The van der Waals surface area contributed by atoms with Crippen molar-refractivity contribution in [2.75, 3.05) is 32.9 Å². The van der Waals surface area contributed by atoms with Gasteiger partial charge in [-0.3, -0.25) is 0 Å². The normalized spacial score (nSPS) is 24.4. The molecule has 0 aromatic carbocycles. The van der Waals surface area contributed by atoms with Crippen molar-refractivity contribution in [3.05, 3.63) is 0 Å². The summed E-state index contributed by atoms with van der Waals surface area (Å²) < 4.78 is 10.8. The highest BCUT2D eigenvalue weighted by molar-refractivity contribution is 4.71. The highest BCUT2D eigenvalue weighted by Crippen LogP contribution is 2.30. The summed E-state index contributed by atoms with van der Waals surface area (Å²) in [7, 11) is 0. The monoisotopic (exact) mass is 301 g/mol. The Morgan fingerprint density at radius 3 is 2.76 bits per heavy atom. The van der Waals surface area contributed by atoms with Crippen molar-refractivity contribution in [2.45, 2.75) is 65.1 Å². The molecule has 3 unspecified atom stereocenters. The van der Waals surface area contributed by atoms with Gasteiger partial charge in [-0.25, -0.2) is 0 Å². The summed E-state index contributed by atoms with van der Waals surface area (Å²) in [6, 6.07) is 0. The molecule has 0 radical (unpaired) electrons. The summed E-state index contributed by atoms with van der Waals surface area (Å²) in [4.78, 5) is 0. The summed E-state index contributed by atoms with van der Waals surface area (Å²) in [5.41, 5.74) is 0. The van der Waals surface area contributed by atoms with E-state index in [4.69, 9.17) is 9.47 Å². The molecule has 21 heavy (non-hydrogen) atoms. The Balaban J connectivity index is 1.90. The summed E-state index contributed by atoms with van der Waals surface area (Å²) in [5.74, 6) is 1.78. The van der Waals surface area contributed by atoms with Crippen LogP contribution in [0, 0.1) is 11.8 Å². The van der Waals surface area contributed by atoms with Crippen LogP contribution >= 0.6 is 0 Å². The minimum absolute atomic E-state index is 0.239. The number of hydrogen-bond acceptors (Lipinski definition) is 4. The quantitative estimate of drug-likeness (QED) is 0.576. The Labute approximate surface area is 130 Å². The Bertz CT molecular complexity index is 248. The largest absolute Gasteiger partial charge is 0.389 e. The fourth-order valence-corrected chi connectivity index (χ4v) is 3.02. The molecule has 0 heterocycles. The predicted molar refractivity (Wildman–Crippen MR) is 86.5 cm³/mol. The Hall–Kier alpha value is -0.160. The van der Waals surface area contributed by atoms with Crippen LogP contribution in [0.1, 0.15) is 52.9 Å². The van der Waals surface area contributed by atoms with Crippen LogP contribution in [0.3, 0.4) is 0 Å². The third kappa shape index (κ3) is 10.2. The molecule has 1 fully saturated rings. The highest BCUT2D eigenvalue weighted by atomic mass is 16.5. The molecular formula is C17H35NO3. The first-order chi connectivity index (χ1) is 10.1. The zero-order valence-electron chi connectivity index (χ0n) is 14.1. The molecule has 1 saturated carbocycles. The molecule has 0 aliphatic heterocycles. The van der Waals surface area contributed by atoms with E-state index in [0.29, 0.717) is 26.4 Å². The lowest BCUT2D eigenvalue weighted by Crippen LogP contribution is -2.32. The maximum Gasteiger partial charge on any atom is 0.0897 e. The number of hydrogen-bond donors (Lipinski definition) is 2. The summed E-state index contributed by atoms with van der Waals surface area (Å²) in [6.45, 7) is 9.53. The van der Waals surface area contributed by atoms with Crippen LogP contribution in [0.2, 0.25) is 0 Å². The van der Waals surface area contributed by atoms with E-state index in [9.17, 15) is 5.11 Å². The van der Waals surface area contributed by atoms with E-state index in [0.717, 1.165) is 18.4 Å². The molecule has 1 aliphatic rings. The maximum atomic E-state index is 9.81. The molecule has 1 rings (SSSR count). The second-order valence-electron chi connectivity index (χ2n) is 6.78. The molecule has 0 saturated heterocycles. The molecule has 126 valence electrons. The summed E-state index contributed by atoms with van der Waals surface area (Å²) in [6.07, 6.45) is 6.61. The fraction of sp³-hybridized carbons (Fsp3) is 1.00. The van der Waals surface area contributed by atoms with E-state index in [1.807, 2.05) is 13.8 Å². The second-order valence-corrected chi connectivity index (χ2v) is 6.78. The maximum absolute atomic E-state index is 9.81. The Morgan fingerprint density at radius 2 is 2.05 bits per heavy atom. The van der Waals surface area contributed by atoms with Gasteiger partial charge in [0.1, 0.15) is 0 Å². The minimum atomic E-state index is -0.422. The molecule has 0 bridgehead atoms. The third-order valence-corrected chi connectivity index (χ3v) is 4.14. The SMILES string of the molecule is CC1CCCC(CCNCC(O)COCCOC(C)C)C1. The zero-order valence-corrected chi connectivity index (χ0v) is 14.1. The number of aliphatic hydroxyl groups excluding tert-OH is 1. The first-order valence-electron chi connectivity index (χ1n) is 8.66. The van der Waals surface area contributed by atoms with Gasteiger partial charge in [0.05, 0.1) is 32.0 Å². The second kappa shape index (κ2) is 11.4. The molecule has 1 aliphatic carbocycles. The van der Waals surface area contributed by atoms with Crippen molar-refractivity contribution in [3.63, 3.8) is 0 Å². The van der Waals surface area contributed by atoms with Gasteiger partial charge < -0.3 is 19.9 Å². The van der Waals surface area contributed by atoms with Gasteiger partial charge in [-0.2, -0.15) is 0 Å². The number of aliphatic hydroxyl groups is 1. The summed E-state index contributed by atoms with van der Waals surface area (Å²) >= 11 is 0. The Morgan fingerprint density at radius 1 is 1.24 bits per heavy atom. The van der Waals surface area contributed by atoms with Crippen LogP contribution in [-0.2, 0) is 9.47 Å². The predicted octanol–water partition coefficient (Wildman–Crippen LogP) is 2.59. The van der Waals surface area contributed by atoms with Crippen LogP contribution in [0.4, 0.5) is 0 Å². The van der Waals surface area contributed by atoms with Crippen molar-refractivity contribution in [1.82, 2.24) is 5.32 Å². The van der Waals surface area contributed by atoms with Gasteiger partial charge in [-0.15, -0.1) is 0 Å². The lowest BCUT2D eigenvalue weighted by molar-refractivity contribution is -0.00999. The average molecular weight is 301 g/mol. The van der Waals surface area contributed by atoms with Gasteiger partial charge in [0.25, 0.3) is 0 Å². The van der Waals surface area contributed by atoms with Gasteiger partial charge in [-0.05, 0) is 45.1 Å². The van der Waals surface area contributed by atoms with Crippen molar-refractivity contribution in [1.29, 1.82) is 0 Å². The molecule has 4 nitrogen and oxygen atoms in total. The molecule has 4 heteroatoms. The van der Waals surface area contributed by atoms with Crippen molar-refractivity contribution in [2.24, 2.45) is 11.8 Å². The highest BCUT2D eigenvalue weighted by Gasteiger charge is 2.18. The van der Waals surface area contributed by atoms with Gasteiger partial charge in [0.2, 0.25) is 0 Å². The molecule has 0 aromatic heterocycles. The van der Waals surface area contributed by atoms with E-state index in [1.54, 1.807) is 0 Å². The number of ether oxygens (including phenoxy) is 2. The zero-order chi connectivity index (χ0) is 15.5. The first-order valence-corrected chi connectivity index (χ1v) is 8.66. The first kappa shape index (κ1) is 18.9. The average Bonchev–Trinajstić information content (AvgIpc) is 2.43. The van der Waals surface area contributed by atoms with E-state index in [2.05, 4.69) is 12.2 Å². The molecule has 0 amide bonds. The van der Waals surface area contributed by atoms with Crippen LogP contribution in [0.5, 0.6) is 0 Å². The van der Waals surface area contributed by atoms with Gasteiger partial charge in [-0.1, -0.05) is 26.2 Å². The fourth-order valence-electron chi connectivity index (χ4n) is 3.02. The van der Waals surface area contributed by atoms with Crippen LogP contribution in [0.15, 0.2) is 0 Å². The van der Waals surface area contributed by atoms with E-state index < -0.39 is 6.10 Å². The van der Waals surface area contributed by atoms with Gasteiger partial charge in [0.15, 0.2) is 0 Å². The molecule has 3 atom stereocenters. The Kier molecular flexibility index (Phi) is 10.3. The molecule has 0 spiro atoms. The van der Waals surface area contributed by atoms with Crippen molar-refractivity contribution in [3.8, 4) is 0 Å². The smallest absolute Gasteiger partial charge is 0.0897 e. The van der Waals surface area contributed by atoms with Crippen molar-refractivity contribution >= 4 is 0 Å². The van der Waals surface area contributed by atoms with Crippen LogP contribution < -0.4 is 5.32 Å². The molecule has 2 N–H and O–H groups in total. The summed E-state index contributed by atoms with van der Waals surface area (Å²) in [5, 5.41) is 13.2. The van der Waals surface area contributed by atoms with Gasteiger partial charge in [0, 0.05) is 6.54 Å². The lowest BCUT2D eigenvalue weighted by atomic mass is 9.81. The minimum Gasteiger partial charge on any atom is -0.389 e. The van der Waals surface area contributed by atoms with E-state index in [-0.39, 0.29) is 6.10 Å². The standard InChI is InChI=1S/C17H35NO3/c1-14(2)21-10-9-20-13-17(19)12-18-8-7-16-6-4-5-15(3)11-16/h14-19H,4-13H2,1-3H3. The third-order valence-electron chi connectivity index (χ3n) is 4.14. The molecular weight excluding hydrogens is 266 g/mol. The van der Waals surface area contributed by atoms with Gasteiger partial charge >= 0.3 is 0 Å². The topological polar surface area (TPSA) is 50.7 Å². The van der Waals surface area contributed by atoms with Crippen LogP contribution in [0.25, 0.3) is 0 Å². The lowest BCUT2D eigenvalue weighted by Gasteiger charge is -2.26.